The number of halogens is 1. The van der Waals surface area contributed by atoms with Gasteiger partial charge in [-0.3, -0.25) is 0 Å². The third-order valence-corrected chi connectivity index (χ3v) is 3.96. The topological polar surface area (TPSA) is 80.0 Å². The van der Waals surface area contributed by atoms with E-state index < -0.39 is 0 Å². The molecule has 7 nitrogen and oxygen atoms in total. The van der Waals surface area contributed by atoms with E-state index in [4.69, 9.17) is 0 Å². The Labute approximate surface area is 157 Å². The molecule has 0 amide bonds. The maximum Gasteiger partial charge on any atom is 0.192 e. The minimum absolute atomic E-state index is 0. The summed E-state index contributed by atoms with van der Waals surface area (Å²) in [6, 6.07) is 0. The van der Waals surface area contributed by atoms with Crippen LogP contribution in [0.3, 0.4) is 0 Å². The minimum atomic E-state index is 0. The van der Waals surface area contributed by atoms with Gasteiger partial charge >= 0.3 is 0 Å². The van der Waals surface area contributed by atoms with Gasteiger partial charge in [-0.25, -0.2) is 9.98 Å². The van der Waals surface area contributed by atoms with Gasteiger partial charge in [0.2, 0.25) is 0 Å². The van der Waals surface area contributed by atoms with Crippen LogP contribution in [0.25, 0.3) is 0 Å². The van der Waals surface area contributed by atoms with E-state index in [1.807, 2.05) is 31.7 Å². The summed E-state index contributed by atoms with van der Waals surface area (Å²) in [5, 5.41) is 15.6. The van der Waals surface area contributed by atoms with Crippen LogP contribution in [0.4, 0.5) is 0 Å². The van der Waals surface area contributed by atoms with Crippen molar-refractivity contribution in [2.45, 2.75) is 26.9 Å². The molecule has 0 aromatic carbocycles. The first-order valence-electron chi connectivity index (χ1n) is 6.99. The zero-order valence-electron chi connectivity index (χ0n) is 13.5. The van der Waals surface area contributed by atoms with E-state index >= 15 is 0 Å². The zero-order chi connectivity index (χ0) is 15.9. The molecule has 0 unspecified atom stereocenters. The summed E-state index contributed by atoms with van der Waals surface area (Å²) < 4.78 is 1.93. The second-order valence-corrected chi connectivity index (χ2v) is 6.09. The van der Waals surface area contributed by atoms with E-state index in [-0.39, 0.29) is 24.0 Å². The van der Waals surface area contributed by atoms with Crippen molar-refractivity contribution in [1.29, 1.82) is 0 Å². The molecule has 2 aromatic rings. The number of nitrogens with zero attached hydrogens (tertiary/aromatic N) is 5. The van der Waals surface area contributed by atoms with Crippen LogP contribution in [0.5, 0.6) is 0 Å². The SMILES string of the molecule is C=CCNC(=NCc1nnc(C)n1C)NCc1ncc(C)s1.I. The molecule has 126 valence electrons. The fraction of sp³-hybridized carbons (Fsp3) is 0.429. The van der Waals surface area contributed by atoms with Crippen molar-refractivity contribution < 1.29 is 0 Å². The Hall–Kier alpha value is -1.49. The van der Waals surface area contributed by atoms with Crippen molar-refractivity contribution in [3.63, 3.8) is 0 Å². The van der Waals surface area contributed by atoms with Gasteiger partial charge in [-0.05, 0) is 13.8 Å². The van der Waals surface area contributed by atoms with E-state index in [1.54, 1.807) is 17.4 Å². The molecule has 0 aliphatic rings. The molecule has 2 heterocycles. The molecule has 0 saturated heterocycles. The summed E-state index contributed by atoms with van der Waals surface area (Å²) in [6.45, 7) is 9.41. The second-order valence-electron chi connectivity index (χ2n) is 4.78. The molecule has 0 spiro atoms. The molecule has 0 bridgehead atoms. The number of thiazole rings is 1. The van der Waals surface area contributed by atoms with Crippen molar-refractivity contribution in [2.24, 2.45) is 12.0 Å². The predicted octanol–water partition coefficient (Wildman–Crippen LogP) is 1.93. The molecule has 0 saturated carbocycles. The Morgan fingerprint density at radius 1 is 1.39 bits per heavy atom. The van der Waals surface area contributed by atoms with E-state index in [2.05, 4.69) is 37.4 Å². The van der Waals surface area contributed by atoms with Gasteiger partial charge < -0.3 is 15.2 Å². The van der Waals surface area contributed by atoms with E-state index in [9.17, 15) is 0 Å². The highest BCUT2D eigenvalue weighted by atomic mass is 127. The first-order chi connectivity index (χ1) is 10.6. The molecule has 0 aliphatic heterocycles. The standard InChI is InChI=1S/C14H21N7S.HI/c1-5-6-15-14(18-9-13-16-7-10(2)22-13)17-8-12-20-19-11(3)21(12)4;/h5,7H,1,6,8-9H2,2-4H3,(H2,15,17,18);1H. The van der Waals surface area contributed by atoms with Gasteiger partial charge in [-0.15, -0.1) is 52.1 Å². The Bertz CT molecular complexity index is 662. The van der Waals surface area contributed by atoms with Crippen LogP contribution in [0, 0.1) is 13.8 Å². The third kappa shape index (κ3) is 5.90. The van der Waals surface area contributed by atoms with Gasteiger partial charge in [-0.2, -0.15) is 0 Å². The summed E-state index contributed by atoms with van der Waals surface area (Å²) in [5.74, 6) is 2.40. The Morgan fingerprint density at radius 2 is 2.17 bits per heavy atom. The van der Waals surface area contributed by atoms with Gasteiger partial charge in [0.05, 0.1) is 6.54 Å². The largest absolute Gasteiger partial charge is 0.353 e. The molecule has 0 fully saturated rings. The first kappa shape index (κ1) is 19.6. The number of nitrogens with one attached hydrogen (secondary N) is 2. The molecule has 2 rings (SSSR count). The van der Waals surface area contributed by atoms with Crippen LogP contribution in [-0.2, 0) is 20.1 Å². The van der Waals surface area contributed by atoms with E-state index in [0.717, 1.165) is 16.7 Å². The van der Waals surface area contributed by atoms with Gasteiger partial charge in [0.15, 0.2) is 11.8 Å². The predicted molar refractivity (Wildman–Crippen MR) is 104 cm³/mol. The number of aromatic nitrogens is 4. The fourth-order valence-corrected chi connectivity index (χ4v) is 2.45. The van der Waals surface area contributed by atoms with Crippen molar-refractivity contribution in [3.8, 4) is 0 Å². The number of hydrogen-bond donors (Lipinski definition) is 2. The quantitative estimate of drug-likeness (QED) is 0.306. The van der Waals surface area contributed by atoms with E-state index in [1.165, 1.54) is 4.88 Å². The second kappa shape index (κ2) is 9.60. The molecule has 9 heteroatoms. The van der Waals surface area contributed by atoms with Crippen LogP contribution in [0.1, 0.15) is 21.5 Å². The average Bonchev–Trinajstić information content (AvgIpc) is 3.06. The summed E-state index contributed by atoms with van der Waals surface area (Å²) in [7, 11) is 1.93. The summed E-state index contributed by atoms with van der Waals surface area (Å²) >= 11 is 1.67. The molecule has 2 aromatic heterocycles. The molecule has 23 heavy (non-hydrogen) atoms. The lowest BCUT2D eigenvalue weighted by Gasteiger charge is -2.10. The monoisotopic (exact) mass is 447 g/mol. The van der Waals surface area contributed by atoms with Crippen LogP contribution in [-0.4, -0.2) is 32.3 Å². The normalized spacial score (nSPS) is 11.0. The van der Waals surface area contributed by atoms with Gasteiger partial charge in [0.25, 0.3) is 0 Å². The van der Waals surface area contributed by atoms with Crippen LogP contribution >= 0.6 is 35.3 Å². The third-order valence-electron chi connectivity index (χ3n) is 3.05. The van der Waals surface area contributed by atoms with Gasteiger partial charge in [-0.1, -0.05) is 6.08 Å². The molecular weight excluding hydrogens is 425 g/mol. The number of hydrogen-bond acceptors (Lipinski definition) is 5. The Kier molecular flexibility index (Phi) is 8.17. The molecule has 0 atom stereocenters. The Morgan fingerprint density at radius 3 is 2.74 bits per heavy atom. The van der Waals surface area contributed by atoms with E-state index in [0.29, 0.717) is 25.6 Å². The first-order valence-corrected chi connectivity index (χ1v) is 7.81. The number of aryl methyl sites for hydroxylation is 2. The van der Waals surface area contributed by atoms with Crippen molar-refractivity contribution in [3.05, 3.63) is 40.4 Å². The molecule has 2 N–H and O–H groups in total. The summed E-state index contributed by atoms with van der Waals surface area (Å²) in [5.41, 5.74) is 0. The summed E-state index contributed by atoms with van der Waals surface area (Å²) in [4.78, 5) is 10.1. The Balaban J connectivity index is 0.00000264. The lowest BCUT2D eigenvalue weighted by Crippen LogP contribution is -2.37. The van der Waals surface area contributed by atoms with Crippen LogP contribution in [0.15, 0.2) is 23.8 Å². The van der Waals surface area contributed by atoms with Crippen LogP contribution < -0.4 is 10.6 Å². The summed E-state index contributed by atoms with van der Waals surface area (Å²) in [6.07, 6.45) is 3.66. The van der Waals surface area contributed by atoms with Crippen molar-refractivity contribution in [2.75, 3.05) is 6.54 Å². The average molecular weight is 447 g/mol. The maximum absolute atomic E-state index is 4.53. The lowest BCUT2D eigenvalue weighted by atomic mass is 10.5. The minimum Gasteiger partial charge on any atom is -0.353 e. The number of guanidine groups is 1. The van der Waals surface area contributed by atoms with Crippen LogP contribution in [0.2, 0.25) is 0 Å². The highest BCUT2D eigenvalue weighted by molar-refractivity contribution is 14.0. The lowest BCUT2D eigenvalue weighted by molar-refractivity contribution is 0.758. The van der Waals surface area contributed by atoms with Crippen molar-refractivity contribution in [1.82, 2.24) is 30.4 Å². The fourth-order valence-electron chi connectivity index (χ4n) is 1.72. The molecule has 0 radical (unpaired) electrons. The van der Waals surface area contributed by atoms with Crippen molar-refractivity contribution >= 4 is 41.3 Å². The van der Waals surface area contributed by atoms with Gasteiger partial charge in [0.1, 0.15) is 17.4 Å². The number of rotatable bonds is 6. The van der Waals surface area contributed by atoms with Gasteiger partial charge in [0, 0.05) is 24.7 Å². The number of aliphatic imine (C=N–C) groups is 1. The molecular formula is C14H22IN7S. The smallest absolute Gasteiger partial charge is 0.192 e. The zero-order valence-corrected chi connectivity index (χ0v) is 16.7. The highest BCUT2D eigenvalue weighted by Crippen LogP contribution is 2.10. The maximum atomic E-state index is 4.53. The molecule has 0 aliphatic carbocycles. The highest BCUT2D eigenvalue weighted by Gasteiger charge is 2.05.